The number of ether oxygens (including phenoxy) is 1. The van der Waals surface area contributed by atoms with Gasteiger partial charge in [-0.2, -0.15) is 5.26 Å². The summed E-state index contributed by atoms with van der Waals surface area (Å²) in [6, 6.07) is 5.04. The summed E-state index contributed by atoms with van der Waals surface area (Å²) in [5.74, 6) is 0.395. The molecule has 1 aromatic carbocycles. The van der Waals surface area contributed by atoms with Crippen molar-refractivity contribution in [1.29, 1.82) is 5.26 Å². The number of benzene rings is 1. The number of nitrogens with zero attached hydrogens (tertiary/aromatic N) is 1. The summed E-state index contributed by atoms with van der Waals surface area (Å²) in [4.78, 5) is 0. The van der Waals surface area contributed by atoms with Crippen molar-refractivity contribution >= 4 is 0 Å². The third-order valence-electron chi connectivity index (χ3n) is 1.65. The summed E-state index contributed by atoms with van der Waals surface area (Å²) in [7, 11) is 1.45. The normalized spacial score (nSPS) is 9.08. The Bertz CT molecular complexity index is 339. The first-order valence-corrected chi connectivity index (χ1v) is 3.46. The van der Waals surface area contributed by atoms with E-state index in [1.54, 1.807) is 6.92 Å². The number of hydrogen-bond donors (Lipinski definition) is 1. The summed E-state index contributed by atoms with van der Waals surface area (Å²) in [6.07, 6.45) is 0. The van der Waals surface area contributed by atoms with E-state index in [9.17, 15) is 5.11 Å². The van der Waals surface area contributed by atoms with Crippen LogP contribution >= 0.6 is 0 Å². The van der Waals surface area contributed by atoms with Crippen LogP contribution in [0.2, 0.25) is 0 Å². The quantitative estimate of drug-likeness (QED) is 0.683. The summed E-state index contributed by atoms with van der Waals surface area (Å²) < 4.78 is 4.84. The molecule has 0 fully saturated rings. The fraction of sp³-hybridized carbons (Fsp3) is 0.222. The predicted octanol–water partition coefficient (Wildman–Crippen LogP) is 1.58. The maximum atomic E-state index is 9.28. The zero-order valence-corrected chi connectivity index (χ0v) is 6.96. The molecular formula is C9H9NO2. The molecule has 0 saturated heterocycles. The number of aryl methyl sites for hydroxylation is 1. The Morgan fingerprint density at radius 3 is 2.67 bits per heavy atom. The van der Waals surface area contributed by atoms with Crippen molar-refractivity contribution in [3.63, 3.8) is 0 Å². The van der Waals surface area contributed by atoms with Crippen molar-refractivity contribution in [2.45, 2.75) is 6.92 Å². The molecule has 0 heterocycles. The van der Waals surface area contributed by atoms with Gasteiger partial charge in [-0.05, 0) is 18.6 Å². The Kier molecular flexibility index (Phi) is 2.20. The third kappa shape index (κ3) is 1.32. The summed E-state index contributed by atoms with van der Waals surface area (Å²) in [6.45, 7) is 1.76. The Morgan fingerprint density at radius 2 is 2.17 bits per heavy atom. The maximum absolute atomic E-state index is 9.28. The van der Waals surface area contributed by atoms with Crippen molar-refractivity contribution in [3.05, 3.63) is 23.3 Å². The van der Waals surface area contributed by atoms with Crippen LogP contribution in [-0.2, 0) is 0 Å². The lowest BCUT2D eigenvalue weighted by atomic mass is 10.1. The Balaban J connectivity index is 3.30. The Morgan fingerprint density at radius 1 is 1.50 bits per heavy atom. The highest BCUT2D eigenvalue weighted by molar-refractivity contribution is 5.50. The maximum Gasteiger partial charge on any atom is 0.161 e. The highest BCUT2D eigenvalue weighted by Gasteiger charge is 2.05. The smallest absolute Gasteiger partial charge is 0.161 e. The van der Waals surface area contributed by atoms with Crippen LogP contribution in [0, 0.1) is 18.3 Å². The topological polar surface area (TPSA) is 53.2 Å². The number of methoxy groups -OCH3 is 1. The monoisotopic (exact) mass is 163 g/mol. The van der Waals surface area contributed by atoms with Gasteiger partial charge in [0.1, 0.15) is 0 Å². The lowest BCUT2D eigenvalue weighted by molar-refractivity contribution is 0.373. The molecule has 0 aliphatic rings. The van der Waals surface area contributed by atoms with E-state index < -0.39 is 0 Å². The van der Waals surface area contributed by atoms with Gasteiger partial charge in [-0.1, -0.05) is 0 Å². The Labute approximate surface area is 70.8 Å². The van der Waals surface area contributed by atoms with E-state index in [0.29, 0.717) is 11.3 Å². The molecule has 0 radical (unpaired) electrons. The molecule has 0 aromatic heterocycles. The van der Waals surface area contributed by atoms with Gasteiger partial charge in [0.2, 0.25) is 0 Å². The van der Waals surface area contributed by atoms with Crippen LogP contribution in [0.3, 0.4) is 0 Å². The number of phenols is 1. The zero-order chi connectivity index (χ0) is 9.14. The van der Waals surface area contributed by atoms with Gasteiger partial charge in [-0.25, -0.2) is 0 Å². The standard InChI is InChI=1S/C9H9NO2/c1-6-3-8(11)9(12-2)4-7(6)5-10/h3-4,11H,1-2H3. The van der Waals surface area contributed by atoms with Crippen LogP contribution in [0.1, 0.15) is 11.1 Å². The number of aromatic hydroxyl groups is 1. The molecule has 1 N–H and O–H groups in total. The fourth-order valence-corrected chi connectivity index (χ4v) is 0.957. The van der Waals surface area contributed by atoms with Gasteiger partial charge in [-0.3, -0.25) is 0 Å². The molecule has 3 heteroatoms. The molecule has 0 spiro atoms. The van der Waals surface area contributed by atoms with E-state index in [1.165, 1.54) is 19.2 Å². The first kappa shape index (κ1) is 8.41. The molecule has 0 aliphatic heterocycles. The minimum absolute atomic E-state index is 0.0639. The minimum atomic E-state index is 0.0639. The van der Waals surface area contributed by atoms with Gasteiger partial charge in [0, 0.05) is 6.07 Å². The predicted molar refractivity (Wildman–Crippen MR) is 44.1 cm³/mol. The van der Waals surface area contributed by atoms with Crippen LogP contribution in [0.25, 0.3) is 0 Å². The van der Waals surface area contributed by atoms with E-state index in [1.807, 2.05) is 6.07 Å². The third-order valence-corrected chi connectivity index (χ3v) is 1.65. The van der Waals surface area contributed by atoms with E-state index in [-0.39, 0.29) is 5.75 Å². The van der Waals surface area contributed by atoms with Gasteiger partial charge in [0.25, 0.3) is 0 Å². The number of nitriles is 1. The lowest BCUT2D eigenvalue weighted by Gasteiger charge is -2.04. The van der Waals surface area contributed by atoms with E-state index in [4.69, 9.17) is 10.00 Å². The summed E-state index contributed by atoms with van der Waals surface area (Å²) in [5, 5.41) is 17.9. The van der Waals surface area contributed by atoms with E-state index in [0.717, 1.165) is 5.56 Å². The molecule has 0 bridgehead atoms. The highest BCUT2D eigenvalue weighted by Crippen LogP contribution is 2.28. The summed E-state index contributed by atoms with van der Waals surface area (Å²) >= 11 is 0. The second-order valence-corrected chi connectivity index (χ2v) is 2.45. The van der Waals surface area contributed by atoms with Gasteiger partial charge >= 0.3 is 0 Å². The van der Waals surface area contributed by atoms with Crippen LogP contribution in [0.4, 0.5) is 0 Å². The molecule has 62 valence electrons. The molecule has 3 nitrogen and oxygen atoms in total. The molecule has 12 heavy (non-hydrogen) atoms. The van der Waals surface area contributed by atoms with E-state index >= 15 is 0 Å². The van der Waals surface area contributed by atoms with E-state index in [2.05, 4.69) is 0 Å². The van der Waals surface area contributed by atoms with Gasteiger partial charge in [-0.15, -0.1) is 0 Å². The van der Waals surface area contributed by atoms with Crippen LogP contribution in [0.15, 0.2) is 12.1 Å². The van der Waals surface area contributed by atoms with Gasteiger partial charge < -0.3 is 9.84 Å². The number of phenolic OH excluding ortho intramolecular Hbond substituents is 1. The van der Waals surface area contributed by atoms with Gasteiger partial charge in [0.05, 0.1) is 18.7 Å². The van der Waals surface area contributed by atoms with Crippen LogP contribution in [0.5, 0.6) is 11.5 Å². The highest BCUT2D eigenvalue weighted by atomic mass is 16.5. The SMILES string of the molecule is COc1cc(C#N)c(C)cc1O. The molecule has 0 amide bonds. The van der Waals surface area contributed by atoms with Crippen molar-refractivity contribution in [1.82, 2.24) is 0 Å². The Hall–Kier alpha value is -1.69. The van der Waals surface area contributed by atoms with Crippen molar-refractivity contribution in [2.75, 3.05) is 7.11 Å². The van der Waals surface area contributed by atoms with Crippen molar-refractivity contribution in [3.8, 4) is 17.6 Å². The summed E-state index contributed by atoms with van der Waals surface area (Å²) in [5.41, 5.74) is 1.26. The molecule has 0 aliphatic carbocycles. The van der Waals surface area contributed by atoms with Gasteiger partial charge in [0.15, 0.2) is 11.5 Å². The molecule has 0 atom stereocenters. The number of hydrogen-bond acceptors (Lipinski definition) is 3. The zero-order valence-electron chi connectivity index (χ0n) is 6.96. The average molecular weight is 163 g/mol. The van der Waals surface area contributed by atoms with Crippen molar-refractivity contribution in [2.24, 2.45) is 0 Å². The first-order valence-electron chi connectivity index (χ1n) is 3.46. The average Bonchev–Trinajstić information content (AvgIpc) is 2.05. The lowest BCUT2D eigenvalue weighted by Crippen LogP contribution is -1.87. The molecule has 0 saturated carbocycles. The number of rotatable bonds is 1. The van der Waals surface area contributed by atoms with Crippen LogP contribution < -0.4 is 4.74 Å². The first-order chi connectivity index (χ1) is 5.69. The second kappa shape index (κ2) is 3.14. The molecule has 0 unspecified atom stereocenters. The molecule has 1 aromatic rings. The largest absolute Gasteiger partial charge is 0.504 e. The van der Waals surface area contributed by atoms with Crippen molar-refractivity contribution < 1.29 is 9.84 Å². The second-order valence-electron chi connectivity index (χ2n) is 2.45. The molecule has 1 rings (SSSR count). The fourth-order valence-electron chi connectivity index (χ4n) is 0.957. The minimum Gasteiger partial charge on any atom is -0.504 e. The van der Waals surface area contributed by atoms with Crippen LogP contribution in [-0.4, -0.2) is 12.2 Å². The molecular weight excluding hydrogens is 154 g/mol.